The molecular weight excluding hydrogens is 212 g/mol. The van der Waals surface area contributed by atoms with Crippen molar-refractivity contribution in [2.45, 2.75) is 71.4 Å². The topological polar surface area (TPSA) is 46.3 Å². The second-order valence-corrected chi connectivity index (χ2v) is 5.95. The van der Waals surface area contributed by atoms with E-state index < -0.39 is 5.54 Å². The summed E-state index contributed by atoms with van der Waals surface area (Å²) in [6, 6.07) is 0.250. The van der Waals surface area contributed by atoms with Crippen molar-refractivity contribution in [1.29, 1.82) is 0 Å². The van der Waals surface area contributed by atoms with Crippen molar-refractivity contribution in [1.82, 2.24) is 4.90 Å². The van der Waals surface area contributed by atoms with Crippen molar-refractivity contribution in [2.75, 3.05) is 6.54 Å². The van der Waals surface area contributed by atoms with Crippen molar-refractivity contribution < 1.29 is 4.79 Å². The molecule has 0 bridgehead atoms. The van der Waals surface area contributed by atoms with Gasteiger partial charge in [-0.05, 0) is 39.0 Å². The third-order valence-electron chi connectivity index (χ3n) is 3.81. The summed E-state index contributed by atoms with van der Waals surface area (Å²) in [7, 11) is 0. The number of nitrogens with two attached hydrogens (primary N) is 1. The van der Waals surface area contributed by atoms with Crippen molar-refractivity contribution in [3.63, 3.8) is 0 Å². The van der Waals surface area contributed by atoms with Crippen LogP contribution in [0.15, 0.2) is 0 Å². The number of carbonyl (C=O) groups is 1. The smallest absolute Gasteiger partial charge is 0.242 e. The lowest BCUT2D eigenvalue weighted by Crippen LogP contribution is -2.58. The van der Waals surface area contributed by atoms with Gasteiger partial charge in [0, 0.05) is 12.6 Å². The summed E-state index contributed by atoms with van der Waals surface area (Å²) in [4.78, 5) is 14.6. The first-order valence-electron chi connectivity index (χ1n) is 7.00. The van der Waals surface area contributed by atoms with Crippen molar-refractivity contribution >= 4 is 5.91 Å². The molecule has 0 aliphatic heterocycles. The van der Waals surface area contributed by atoms with Gasteiger partial charge in [-0.15, -0.1) is 0 Å². The Morgan fingerprint density at radius 2 is 2.18 bits per heavy atom. The summed E-state index contributed by atoms with van der Waals surface area (Å²) < 4.78 is 0. The Kier molecular flexibility index (Phi) is 4.99. The number of nitrogens with zero attached hydrogens (tertiary/aromatic N) is 1. The van der Waals surface area contributed by atoms with Crippen LogP contribution in [0.3, 0.4) is 0 Å². The Balaban J connectivity index is 2.77. The van der Waals surface area contributed by atoms with Gasteiger partial charge in [-0.3, -0.25) is 4.79 Å². The quantitative estimate of drug-likeness (QED) is 0.821. The van der Waals surface area contributed by atoms with Gasteiger partial charge in [0.1, 0.15) is 0 Å². The lowest BCUT2D eigenvalue weighted by Gasteiger charge is -2.40. The van der Waals surface area contributed by atoms with Crippen molar-refractivity contribution in [2.24, 2.45) is 11.7 Å². The maximum absolute atomic E-state index is 12.6. The van der Waals surface area contributed by atoms with Gasteiger partial charge < -0.3 is 10.6 Å². The van der Waals surface area contributed by atoms with E-state index >= 15 is 0 Å². The van der Waals surface area contributed by atoms with E-state index in [0.29, 0.717) is 5.92 Å². The molecule has 0 saturated heterocycles. The lowest BCUT2D eigenvalue weighted by molar-refractivity contribution is -0.140. The molecule has 1 aliphatic carbocycles. The molecule has 1 saturated carbocycles. The van der Waals surface area contributed by atoms with Gasteiger partial charge >= 0.3 is 0 Å². The van der Waals surface area contributed by atoms with Crippen LogP contribution in [0.5, 0.6) is 0 Å². The third-order valence-corrected chi connectivity index (χ3v) is 3.81. The Bertz CT molecular complexity index is 265. The summed E-state index contributed by atoms with van der Waals surface area (Å²) in [5.74, 6) is 0.745. The fourth-order valence-electron chi connectivity index (χ4n) is 2.91. The van der Waals surface area contributed by atoms with Crippen molar-refractivity contribution in [3.8, 4) is 0 Å². The summed E-state index contributed by atoms with van der Waals surface area (Å²) in [6.45, 7) is 9.28. The van der Waals surface area contributed by atoms with E-state index in [1.807, 2.05) is 4.90 Å². The van der Waals surface area contributed by atoms with E-state index in [1.165, 1.54) is 6.42 Å². The van der Waals surface area contributed by atoms with Gasteiger partial charge in [0.15, 0.2) is 0 Å². The first-order valence-corrected chi connectivity index (χ1v) is 7.00. The molecular formula is C14H28N2O. The zero-order valence-electron chi connectivity index (χ0n) is 11.8. The molecule has 0 aromatic heterocycles. The van der Waals surface area contributed by atoms with Crippen LogP contribution in [-0.2, 0) is 4.79 Å². The molecule has 1 rings (SSSR count). The Labute approximate surface area is 106 Å². The minimum atomic E-state index is -0.600. The van der Waals surface area contributed by atoms with Gasteiger partial charge in [0.2, 0.25) is 5.91 Å². The Morgan fingerprint density at radius 3 is 2.65 bits per heavy atom. The van der Waals surface area contributed by atoms with Gasteiger partial charge in [-0.25, -0.2) is 0 Å². The Hall–Kier alpha value is -0.570. The minimum absolute atomic E-state index is 0.168. The van der Waals surface area contributed by atoms with Crippen LogP contribution in [0.2, 0.25) is 0 Å². The minimum Gasteiger partial charge on any atom is -0.339 e. The van der Waals surface area contributed by atoms with E-state index in [2.05, 4.69) is 27.7 Å². The lowest BCUT2D eigenvalue weighted by atomic mass is 9.76. The Morgan fingerprint density at radius 1 is 1.53 bits per heavy atom. The highest BCUT2D eigenvalue weighted by molar-refractivity contribution is 5.86. The molecule has 1 fully saturated rings. The van der Waals surface area contributed by atoms with Crippen LogP contribution in [0.1, 0.15) is 59.8 Å². The molecule has 17 heavy (non-hydrogen) atoms. The van der Waals surface area contributed by atoms with Crippen LogP contribution in [-0.4, -0.2) is 28.9 Å². The molecule has 1 aliphatic rings. The summed E-state index contributed by atoms with van der Waals surface area (Å²) in [5.41, 5.74) is 5.77. The second-order valence-electron chi connectivity index (χ2n) is 5.95. The van der Waals surface area contributed by atoms with Gasteiger partial charge in [0.05, 0.1) is 5.54 Å². The maximum atomic E-state index is 12.6. The molecule has 2 unspecified atom stereocenters. The molecule has 0 radical (unpaired) electrons. The van der Waals surface area contributed by atoms with Crippen LogP contribution < -0.4 is 5.73 Å². The molecule has 100 valence electrons. The van der Waals surface area contributed by atoms with E-state index in [1.54, 1.807) is 0 Å². The molecule has 2 N–H and O–H groups in total. The highest BCUT2D eigenvalue weighted by Gasteiger charge is 2.40. The van der Waals surface area contributed by atoms with E-state index in [-0.39, 0.29) is 11.9 Å². The fourth-order valence-corrected chi connectivity index (χ4v) is 2.91. The molecule has 3 heteroatoms. The standard InChI is InChI=1S/C14H28N2O/c1-5-9-16(11(2)3)13(17)14(15)8-6-7-12(4)10-14/h11-12H,5-10,15H2,1-4H3. The molecule has 2 atom stereocenters. The highest BCUT2D eigenvalue weighted by Crippen LogP contribution is 2.32. The number of amides is 1. The maximum Gasteiger partial charge on any atom is 0.242 e. The zero-order chi connectivity index (χ0) is 13.1. The van der Waals surface area contributed by atoms with Crippen LogP contribution in [0, 0.1) is 5.92 Å². The molecule has 0 heterocycles. The number of rotatable bonds is 4. The molecule has 1 amide bonds. The number of hydrogen-bond donors (Lipinski definition) is 1. The van der Waals surface area contributed by atoms with E-state index in [9.17, 15) is 4.79 Å². The molecule has 0 spiro atoms. The van der Waals surface area contributed by atoms with Crippen LogP contribution in [0.25, 0.3) is 0 Å². The first kappa shape index (κ1) is 14.5. The van der Waals surface area contributed by atoms with E-state index in [0.717, 1.165) is 32.2 Å². The SMILES string of the molecule is CCCN(C(=O)C1(N)CCCC(C)C1)C(C)C. The van der Waals surface area contributed by atoms with Gasteiger partial charge in [-0.2, -0.15) is 0 Å². The first-order chi connectivity index (χ1) is 7.90. The monoisotopic (exact) mass is 240 g/mol. The predicted molar refractivity (Wildman–Crippen MR) is 71.7 cm³/mol. The zero-order valence-corrected chi connectivity index (χ0v) is 11.8. The molecule has 3 nitrogen and oxygen atoms in total. The number of carbonyl (C=O) groups excluding carboxylic acids is 1. The average Bonchev–Trinajstić information content (AvgIpc) is 2.24. The van der Waals surface area contributed by atoms with Crippen molar-refractivity contribution in [3.05, 3.63) is 0 Å². The van der Waals surface area contributed by atoms with Gasteiger partial charge in [0.25, 0.3) is 0 Å². The second kappa shape index (κ2) is 5.85. The third kappa shape index (κ3) is 3.44. The predicted octanol–water partition coefficient (Wildman–Crippen LogP) is 2.54. The summed E-state index contributed by atoms with van der Waals surface area (Å²) >= 11 is 0. The normalized spacial score (nSPS) is 29.4. The molecule has 0 aromatic rings. The summed E-state index contributed by atoms with van der Waals surface area (Å²) in [5, 5.41) is 0. The largest absolute Gasteiger partial charge is 0.339 e. The highest BCUT2D eigenvalue weighted by atomic mass is 16.2. The average molecular weight is 240 g/mol. The number of hydrogen-bond acceptors (Lipinski definition) is 2. The fraction of sp³-hybridized carbons (Fsp3) is 0.929. The summed E-state index contributed by atoms with van der Waals surface area (Å²) in [6.07, 6.45) is 4.99. The van der Waals surface area contributed by atoms with E-state index in [4.69, 9.17) is 5.73 Å². The van der Waals surface area contributed by atoms with Crippen LogP contribution in [0.4, 0.5) is 0 Å². The molecule has 0 aromatic carbocycles. The van der Waals surface area contributed by atoms with Crippen LogP contribution >= 0.6 is 0 Å². The van der Waals surface area contributed by atoms with Gasteiger partial charge in [-0.1, -0.05) is 26.7 Å².